The van der Waals surface area contributed by atoms with Crippen LogP contribution < -0.4 is 10.1 Å². The second-order valence-electron chi connectivity index (χ2n) is 9.21. The van der Waals surface area contributed by atoms with E-state index in [9.17, 15) is 4.79 Å². The molecule has 2 heterocycles. The first-order valence-corrected chi connectivity index (χ1v) is 10.6. The van der Waals surface area contributed by atoms with Crippen molar-refractivity contribution in [2.24, 2.45) is 5.41 Å². The summed E-state index contributed by atoms with van der Waals surface area (Å²) in [5, 5.41) is 8.29. The van der Waals surface area contributed by atoms with Gasteiger partial charge in [0.2, 0.25) is 5.95 Å². The molecule has 0 fully saturated rings. The lowest BCUT2D eigenvalue weighted by Crippen LogP contribution is -2.36. The third kappa shape index (κ3) is 3.42. The molecule has 2 aromatic carbocycles. The van der Waals surface area contributed by atoms with Crippen LogP contribution in [0.15, 0.2) is 59.8 Å². The lowest BCUT2D eigenvalue weighted by Gasteiger charge is -2.38. The van der Waals surface area contributed by atoms with E-state index in [0.29, 0.717) is 18.2 Å². The maximum Gasteiger partial charge on any atom is 0.226 e. The van der Waals surface area contributed by atoms with Gasteiger partial charge in [-0.25, -0.2) is 4.68 Å². The number of nitrogens with zero attached hydrogens (tertiary/aromatic N) is 3. The van der Waals surface area contributed by atoms with Gasteiger partial charge in [-0.15, -0.1) is 5.10 Å². The molecule has 1 atom stereocenters. The highest BCUT2D eigenvalue weighted by atomic mass is 16.5. The van der Waals surface area contributed by atoms with Crippen molar-refractivity contribution < 1.29 is 9.53 Å². The summed E-state index contributed by atoms with van der Waals surface area (Å²) in [4.78, 5) is 18.1. The van der Waals surface area contributed by atoms with Crippen LogP contribution in [0.2, 0.25) is 0 Å². The first-order valence-electron chi connectivity index (χ1n) is 10.6. The van der Waals surface area contributed by atoms with Crippen molar-refractivity contribution in [2.75, 3.05) is 12.4 Å². The predicted molar refractivity (Wildman–Crippen MR) is 120 cm³/mol. The fraction of sp³-hybridized carbons (Fsp3) is 0.320. The number of anilines is 1. The Morgan fingerprint density at radius 1 is 1.13 bits per heavy atom. The van der Waals surface area contributed by atoms with E-state index in [1.807, 2.05) is 41.1 Å². The SMILES string of the molecule is COc1ccc([C@@H]2C3=C(CC(C)(C)CC3=O)Nc3nc(-c4cccc(C)c4)nn32)cc1. The number of hydrogen-bond acceptors (Lipinski definition) is 5. The highest BCUT2D eigenvalue weighted by Crippen LogP contribution is 2.45. The Hall–Kier alpha value is -3.41. The van der Waals surface area contributed by atoms with Crippen molar-refractivity contribution in [3.63, 3.8) is 0 Å². The number of allylic oxidation sites excluding steroid dienone is 2. The Kier molecular flexibility index (Phi) is 4.46. The van der Waals surface area contributed by atoms with Crippen LogP contribution in [0.1, 0.15) is 43.9 Å². The summed E-state index contributed by atoms with van der Waals surface area (Å²) in [6.45, 7) is 6.32. The molecule has 6 heteroatoms. The second kappa shape index (κ2) is 7.08. The van der Waals surface area contributed by atoms with Gasteiger partial charge in [-0.3, -0.25) is 4.79 Å². The van der Waals surface area contributed by atoms with Gasteiger partial charge in [0.15, 0.2) is 11.6 Å². The third-order valence-corrected chi connectivity index (χ3v) is 6.04. The lowest BCUT2D eigenvalue weighted by molar-refractivity contribution is -0.118. The van der Waals surface area contributed by atoms with Crippen molar-refractivity contribution in [1.29, 1.82) is 0 Å². The lowest BCUT2D eigenvalue weighted by atomic mass is 9.73. The zero-order valence-corrected chi connectivity index (χ0v) is 18.3. The van der Waals surface area contributed by atoms with Crippen LogP contribution in [-0.4, -0.2) is 27.7 Å². The van der Waals surface area contributed by atoms with Gasteiger partial charge in [-0.1, -0.05) is 49.7 Å². The van der Waals surface area contributed by atoms with Crippen LogP contribution in [-0.2, 0) is 4.79 Å². The molecule has 6 nitrogen and oxygen atoms in total. The maximum atomic E-state index is 13.3. The number of aromatic nitrogens is 3. The van der Waals surface area contributed by atoms with E-state index in [4.69, 9.17) is 14.8 Å². The Morgan fingerprint density at radius 3 is 2.61 bits per heavy atom. The van der Waals surface area contributed by atoms with Gasteiger partial charge in [0, 0.05) is 23.3 Å². The van der Waals surface area contributed by atoms with Crippen LogP contribution in [0.4, 0.5) is 5.95 Å². The zero-order valence-electron chi connectivity index (χ0n) is 18.3. The summed E-state index contributed by atoms with van der Waals surface area (Å²) in [6.07, 6.45) is 1.32. The molecule has 0 saturated carbocycles. The van der Waals surface area contributed by atoms with Crippen molar-refractivity contribution in [3.8, 4) is 17.1 Å². The Labute approximate surface area is 182 Å². The summed E-state index contributed by atoms with van der Waals surface area (Å²) in [6, 6.07) is 15.7. The van der Waals surface area contributed by atoms with Crippen molar-refractivity contribution >= 4 is 11.7 Å². The monoisotopic (exact) mass is 414 g/mol. The number of carbonyl (C=O) groups is 1. The standard InChI is InChI=1S/C25H26N4O2/c1-15-6-5-7-17(12-15)23-27-24-26-19-13-25(2,3)14-20(30)21(19)22(29(24)28-23)16-8-10-18(31-4)11-9-16/h5-12,22H,13-14H2,1-4H3,(H,26,27,28)/t22-/m1/s1. The van der Waals surface area contributed by atoms with E-state index >= 15 is 0 Å². The Morgan fingerprint density at radius 2 is 1.90 bits per heavy atom. The fourth-order valence-corrected chi connectivity index (χ4v) is 4.61. The second-order valence-corrected chi connectivity index (χ2v) is 9.21. The summed E-state index contributed by atoms with van der Waals surface area (Å²) in [7, 11) is 1.65. The molecule has 2 aliphatic rings. The normalized spacial score (nSPS) is 19.5. The predicted octanol–water partition coefficient (Wildman–Crippen LogP) is 4.92. The molecule has 31 heavy (non-hydrogen) atoms. The molecule has 1 aromatic heterocycles. The van der Waals surface area contributed by atoms with E-state index in [1.165, 1.54) is 0 Å². The summed E-state index contributed by atoms with van der Waals surface area (Å²) in [5.41, 5.74) is 4.76. The van der Waals surface area contributed by atoms with E-state index < -0.39 is 0 Å². The number of aryl methyl sites for hydroxylation is 1. The number of carbonyl (C=O) groups excluding carboxylic acids is 1. The average molecular weight is 415 g/mol. The summed E-state index contributed by atoms with van der Waals surface area (Å²) < 4.78 is 7.18. The number of hydrogen-bond donors (Lipinski definition) is 1. The van der Waals surface area contributed by atoms with E-state index in [0.717, 1.165) is 40.1 Å². The number of benzene rings is 2. The van der Waals surface area contributed by atoms with E-state index in [2.05, 4.69) is 38.2 Å². The van der Waals surface area contributed by atoms with Crippen molar-refractivity contribution in [2.45, 2.75) is 39.7 Å². The van der Waals surface area contributed by atoms with Gasteiger partial charge in [0.25, 0.3) is 0 Å². The highest BCUT2D eigenvalue weighted by molar-refractivity contribution is 6.00. The minimum atomic E-state index is -0.313. The van der Waals surface area contributed by atoms with Crippen LogP contribution in [0, 0.1) is 12.3 Å². The third-order valence-electron chi connectivity index (χ3n) is 6.04. The number of ketones is 1. The number of fused-ring (bicyclic) bond motifs is 1. The first-order chi connectivity index (χ1) is 14.8. The maximum absolute atomic E-state index is 13.3. The molecule has 158 valence electrons. The quantitative estimate of drug-likeness (QED) is 0.659. The van der Waals surface area contributed by atoms with Gasteiger partial charge in [-0.05, 0) is 42.5 Å². The molecule has 0 radical (unpaired) electrons. The van der Waals surface area contributed by atoms with Crippen LogP contribution in [0.3, 0.4) is 0 Å². The molecule has 0 unspecified atom stereocenters. The minimum absolute atomic E-state index is 0.0884. The average Bonchev–Trinajstić information content (AvgIpc) is 3.15. The number of rotatable bonds is 3. The van der Waals surface area contributed by atoms with Crippen LogP contribution in [0.25, 0.3) is 11.4 Å². The molecule has 0 saturated heterocycles. The molecule has 0 bridgehead atoms. The van der Waals surface area contributed by atoms with Gasteiger partial charge in [0.1, 0.15) is 11.8 Å². The van der Waals surface area contributed by atoms with E-state index in [1.54, 1.807) is 7.11 Å². The first kappa shape index (κ1) is 19.5. The van der Waals surface area contributed by atoms with Gasteiger partial charge < -0.3 is 10.1 Å². The molecule has 3 aromatic rings. The van der Waals surface area contributed by atoms with Gasteiger partial charge in [-0.2, -0.15) is 4.98 Å². The largest absolute Gasteiger partial charge is 0.497 e. The van der Waals surface area contributed by atoms with Crippen molar-refractivity contribution in [3.05, 3.63) is 70.9 Å². The van der Waals surface area contributed by atoms with Crippen LogP contribution in [0.5, 0.6) is 5.75 Å². The Balaban J connectivity index is 1.67. The van der Waals surface area contributed by atoms with E-state index in [-0.39, 0.29) is 17.2 Å². The number of Topliss-reactive ketones (excluding diaryl/α,β-unsaturated/α-hetero) is 1. The molecule has 1 N–H and O–H groups in total. The molecule has 1 aliphatic heterocycles. The summed E-state index contributed by atoms with van der Waals surface area (Å²) >= 11 is 0. The molecule has 5 rings (SSSR count). The summed E-state index contributed by atoms with van der Waals surface area (Å²) in [5.74, 6) is 2.26. The fourth-order valence-electron chi connectivity index (χ4n) is 4.61. The molecular formula is C25H26N4O2. The Bertz CT molecular complexity index is 1200. The molecule has 1 aliphatic carbocycles. The smallest absolute Gasteiger partial charge is 0.226 e. The molecular weight excluding hydrogens is 388 g/mol. The van der Waals surface area contributed by atoms with Gasteiger partial charge in [0.05, 0.1) is 7.11 Å². The minimum Gasteiger partial charge on any atom is -0.497 e. The highest BCUT2D eigenvalue weighted by Gasteiger charge is 2.41. The zero-order chi connectivity index (χ0) is 21.8. The number of nitrogens with one attached hydrogen (secondary N) is 1. The topological polar surface area (TPSA) is 69.0 Å². The van der Waals surface area contributed by atoms with Crippen molar-refractivity contribution in [1.82, 2.24) is 14.8 Å². The number of ether oxygens (including phenoxy) is 1. The van der Waals surface area contributed by atoms with Crippen LogP contribution >= 0.6 is 0 Å². The molecule has 0 amide bonds. The van der Waals surface area contributed by atoms with Gasteiger partial charge >= 0.3 is 0 Å². The number of methoxy groups -OCH3 is 1. The molecule has 0 spiro atoms.